The molecule has 0 amide bonds. The Bertz CT molecular complexity index is 790. The van der Waals surface area contributed by atoms with Crippen molar-refractivity contribution in [3.8, 4) is 0 Å². The molecule has 6 heteroatoms. The Balaban J connectivity index is 1.29. The van der Waals surface area contributed by atoms with Gasteiger partial charge in [-0.2, -0.15) is 5.10 Å². The van der Waals surface area contributed by atoms with Gasteiger partial charge in [0.25, 0.3) is 0 Å². The molecule has 3 aliphatic rings. The van der Waals surface area contributed by atoms with Crippen LogP contribution in [0.3, 0.4) is 0 Å². The molecule has 2 aromatic heterocycles. The van der Waals surface area contributed by atoms with E-state index >= 15 is 0 Å². The number of rotatable bonds is 3. The van der Waals surface area contributed by atoms with Crippen LogP contribution in [0.2, 0.25) is 0 Å². The Labute approximate surface area is 160 Å². The van der Waals surface area contributed by atoms with E-state index < -0.39 is 0 Å². The molecule has 4 heterocycles. The molecule has 0 aromatic carbocycles. The first-order valence-electron chi connectivity index (χ1n) is 10.3. The highest BCUT2D eigenvalue weighted by Crippen LogP contribution is 2.40. The molecule has 27 heavy (non-hydrogen) atoms. The second-order valence-corrected chi connectivity index (χ2v) is 8.24. The molecule has 0 spiro atoms. The van der Waals surface area contributed by atoms with Crippen LogP contribution in [0.25, 0.3) is 0 Å². The maximum atomic E-state index is 5.51. The van der Waals surface area contributed by atoms with Crippen LogP contribution in [0.1, 0.15) is 54.2 Å². The van der Waals surface area contributed by atoms with Gasteiger partial charge in [0.2, 0.25) is 0 Å². The maximum absolute atomic E-state index is 5.51. The van der Waals surface area contributed by atoms with Crippen LogP contribution in [-0.2, 0) is 11.8 Å². The molecule has 1 N–H and O–H groups in total. The molecule has 5 rings (SSSR count). The summed E-state index contributed by atoms with van der Waals surface area (Å²) in [6.45, 7) is 4.93. The predicted molar refractivity (Wildman–Crippen MR) is 105 cm³/mol. The van der Waals surface area contributed by atoms with Crippen molar-refractivity contribution in [2.75, 3.05) is 38.2 Å². The highest BCUT2D eigenvalue weighted by Gasteiger charge is 2.30. The smallest absolute Gasteiger partial charge is 0.129 e. The zero-order chi connectivity index (χ0) is 18.2. The van der Waals surface area contributed by atoms with Crippen molar-refractivity contribution < 1.29 is 4.74 Å². The quantitative estimate of drug-likeness (QED) is 0.904. The van der Waals surface area contributed by atoms with E-state index in [1.54, 1.807) is 0 Å². The summed E-state index contributed by atoms with van der Waals surface area (Å²) in [7, 11) is 1.98. The van der Waals surface area contributed by atoms with Gasteiger partial charge in [-0.15, -0.1) is 0 Å². The summed E-state index contributed by atoms with van der Waals surface area (Å²) < 4.78 is 7.40. The summed E-state index contributed by atoms with van der Waals surface area (Å²) in [6, 6.07) is 3.16. The van der Waals surface area contributed by atoms with Gasteiger partial charge >= 0.3 is 0 Å². The van der Waals surface area contributed by atoms with Crippen molar-refractivity contribution in [1.82, 2.24) is 19.7 Å². The van der Waals surface area contributed by atoms with Gasteiger partial charge in [-0.1, -0.05) is 0 Å². The van der Waals surface area contributed by atoms with Crippen molar-refractivity contribution in [1.29, 1.82) is 0 Å². The lowest BCUT2D eigenvalue weighted by atomic mass is 9.81. The van der Waals surface area contributed by atoms with Crippen molar-refractivity contribution in [2.24, 2.45) is 7.05 Å². The minimum absolute atomic E-state index is 0.367. The van der Waals surface area contributed by atoms with E-state index in [1.165, 1.54) is 42.4 Å². The third-order valence-corrected chi connectivity index (χ3v) is 6.64. The van der Waals surface area contributed by atoms with E-state index in [1.807, 2.05) is 17.9 Å². The summed E-state index contributed by atoms with van der Waals surface area (Å²) in [6.07, 6.45) is 11.4. The lowest BCUT2D eigenvalue weighted by Crippen LogP contribution is -2.44. The number of pyridine rings is 1. The fraction of sp³-hybridized carbons (Fsp3) is 0.619. The van der Waals surface area contributed by atoms with E-state index in [4.69, 9.17) is 9.72 Å². The zero-order valence-corrected chi connectivity index (χ0v) is 16.1. The number of morpholine rings is 1. The van der Waals surface area contributed by atoms with Gasteiger partial charge < -0.3 is 10.1 Å². The lowest BCUT2D eigenvalue weighted by molar-refractivity contribution is 0.00729. The highest BCUT2D eigenvalue weighted by molar-refractivity contribution is 5.56. The largest absolute Gasteiger partial charge is 0.379 e. The highest BCUT2D eigenvalue weighted by atomic mass is 16.5. The van der Waals surface area contributed by atoms with Gasteiger partial charge in [0, 0.05) is 56.6 Å². The van der Waals surface area contributed by atoms with Crippen molar-refractivity contribution in [2.45, 2.75) is 43.6 Å². The van der Waals surface area contributed by atoms with E-state index in [-0.39, 0.29) is 0 Å². The van der Waals surface area contributed by atoms with Gasteiger partial charge in [-0.05, 0) is 48.8 Å². The normalized spacial score (nSPS) is 28.7. The zero-order valence-electron chi connectivity index (χ0n) is 16.1. The molecule has 2 fully saturated rings. The van der Waals surface area contributed by atoms with Gasteiger partial charge in [-0.3, -0.25) is 9.58 Å². The molecule has 1 saturated carbocycles. The molecule has 144 valence electrons. The first-order valence-corrected chi connectivity index (χ1v) is 10.3. The second kappa shape index (κ2) is 7.24. The predicted octanol–water partition coefficient (Wildman–Crippen LogP) is 2.73. The van der Waals surface area contributed by atoms with Crippen molar-refractivity contribution >= 4 is 5.82 Å². The van der Waals surface area contributed by atoms with Crippen LogP contribution in [0.4, 0.5) is 5.82 Å². The SMILES string of the molecule is Cn1cc(C2CNc3ncc(C4CCC(N5CCOCC5)CC4)cc32)cn1. The summed E-state index contributed by atoms with van der Waals surface area (Å²) in [5.74, 6) is 2.07. The number of nitrogens with zero attached hydrogens (tertiary/aromatic N) is 4. The molecular formula is C21H29N5O. The van der Waals surface area contributed by atoms with Gasteiger partial charge in [-0.25, -0.2) is 4.98 Å². The average molecular weight is 367 g/mol. The van der Waals surface area contributed by atoms with Crippen LogP contribution in [-0.4, -0.2) is 58.6 Å². The first-order chi connectivity index (χ1) is 13.3. The molecule has 1 unspecified atom stereocenters. The standard InChI is InChI=1S/C21H29N5O/c1-25-14-17(12-24-25)20-13-23-21-19(20)10-16(11-22-21)15-2-4-18(5-3-15)26-6-8-27-9-7-26/h10-12,14-15,18,20H,2-9,13H2,1H3,(H,22,23). The minimum atomic E-state index is 0.367. The van der Waals surface area contributed by atoms with Crippen LogP contribution in [0, 0.1) is 0 Å². The molecule has 1 atom stereocenters. The number of anilines is 1. The average Bonchev–Trinajstić information content (AvgIpc) is 3.34. The van der Waals surface area contributed by atoms with Gasteiger partial charge in [0.1, 0.15) is 5.82 Å². The molecular weight excluding hydrogens is 338 g/mol. The van der Waals surface area contributed by atoms with E-state index in [0.29, 0.717) is 11.8 Å². The molecule has 6 nitrogen and oxygen atoms in total. The van der Waals surface area contributed by atoms with Crippen LogP contribution >= 0.6 is 0 Å². The Morgan fingerprint density at radius 1 is 1.07 bits per heavy atom. The number of nitrogens with one attached hydrogen (secondary N) is 1. The third-order valence-electron chi connectivity index (χ3n) is 6.64. The number of ether oxygens (including phenoxy) is 1. The minimum Gasteiger partial charge on any atom is -0.379 e. The fourth-order valence-corrected chi connectivity index (χ4v) is 5.08. The van der Waals surface area contributed by atoms with Crippen LogP contribution in [0.5, 0.6) is 0 Å². The number of aryl methyl sites for hydroxylation is 1. The van der Waals surface area contributed by atoms with E-state index in [0.717, 1.165) is 44.7 Å². The maximum Gasteiger partial charge on any atom is 0.129 e. The molecule has 1 saturated heterocycles. The Hall–Kier alpha value is -1.92. The monoisotopic (exact) mass is 367 g/mol. The molecule has 0 radical (unpaired) electrons. The molecule has 0 bridgehead atoms. The summed E-state index contributed by atoms with van der Waals surface area (Å²) in [5, 5.41) is 7.83. The molecule has 1 aliphatic carbocycles. The number of hydrogen-bond donors (Lipinski definition) is 1. The van der Waals surface area contributed by atoms with Gasteiger partial charge in [0.05, 0.1) is 19.4 Å². The molecule has 2 aromatic rings. The Morgan fingerprint density at radius 3 is 2.63 bits per heavy atom. The second-order valence-electron chi connectivity index (χ2n) is 8.24. The molecule has 2 aliphatic heterocycles. The van der Waals surface area contributed by atoms with Crippen LogP contribution in [0.15, 0.2) is 24.7 Å². The van der Waals surface area contributed by atoms with E-state index in [2.05, 4.69) is 33.8 Å². The third kappa shape index (κ3) is 3.36. The topological polar surface area (TPSA) is 55.2 Å². The van der Waals surface area contributed by atoms with Crippen molar-refractivity contribution in [3.05, 3.63) is 41.3 Å². The summed E-state index contributed by atoms with van der Waals surface area (Å²) in [4.78, 5) is 7.40. The van der Waals surface area contributed by atoms with E-state index in [9.17, 15) is 0 Å². The Morgan fingerprint density at radius 2 is 1.89 bits per heavy atom. The lowest BCUT2D eigenvalue weighted by Gasteiger charge is -2.38. The summed E-state index contributed by atoms with van der Waals surface area (Å²) in [5.41, 5.74) is 4.04. The Kier molecular flexibility index (Phi) is 4.61. The number of aromatic nitrogens is 3. The van der Waals surface area contributed by atoms with Crippen LogP contribution < -0.4 is 5.32 Å². The number of fused-ring (bicyclic) bond motifs is 1. The van der Waals surface area contributed by atoms with Crippen molar-refractivity contribution in [3.63, 3.8) is 0 Å². The van der Waals surface area contributed by atoms with Gasteiger partial charge in [0.15, 0.2) is 0 Å². The first kappa shape index (κ1) is 17.2. The fourth-order valence-electron chi connectivity index (χ4n) is 5.08. The number of hydrogen-bond acceptors (Lipinski definition) is 5. The summed E-state index contributed by atoms with van der Waals surface area (Å²) >= 11 is 0.